The van der Waals surface area contributed by atoms with Crippen molar-refractivity contribution < 1.29 is 9.59 Å². The van der Waals surface area contributed by atoms with E-state index in [0.717, 1.165) is 12.8 Å². The number of thiazole rings is 1. The summed E-state index contributed by atoms with van der Waals surface area (Å²) in [5, 5.41) is 7.69. The molecule has 6 heteroatoms. The first-order valence-corrected chi connectivity index (χ1v) is 7.63. The summed E-state index contributed by atoms with van der Waals surface area (Å²) in [6.07, 6.45) is 1.89. The van der Waals surface area contributed by atoms with Crippen molar-refractivity contribution in [3.05, 3.63) is 46.5 Å². The van der Waals surface area contributed by atoms with E-state index in [-0.39, 0.29) is 17.9 Å². The van der Waals surface area contributed by atoms with Gasteiger partial charge >= 0.3 is 0 Å². The van der Waals surface area contributed by atoms with Gasteiger partial charge in [-0.3, -0.25) is 9.59 Å². The molecular formula is C15H15N3O2S. The lowest BCUT2D eigenvalue weighted by molar-refractivity contribution is -0.114. The lowest BCUT2D eigenvalue weighted by atomic mass is 10.1. The Labute approximate surface area is 126 Å². The molecule has 1 atom stereocenters. The van der Waals surface area contributed by atoms with Gasteiger partial charge in [0.1, 0.15) is 5.69 Å². The molecule has 0 aliphatic heterocycles. The first kappa shape index (κ1) is 13.8. The molecular weight excluding hydrogens is 286 g/mol. The van der Waals surface area contributed by atoms with Crippen LogP contribution in [0.5, 0.6) is 0 Å². The summed E-state index contributed by atoms with van der Waals surface area (Å²) in [7, 11) is 0. The standard InChI is InChI=1S/C15H15N3O2S/c1-9(19)16-15-18-13(8-21-15)14(20)17-12-7-6-10-4-2-3-5-11(10)12/h2-5,8,12H,6-7H2,1H3,(H,17,20)(H,16,18,19)/t12-/m0/s1. The van der Waals surface area contributed by atoms with Crippen molar-refractivity contribution in [1.29, 1.82) is 0 Å². The van der Waals surface area contributed by atoms with Crippen molar-refractivity contribution in [2.24, 2.45) is 0 Å². The van der Waals surface area contributed by atoms with E-state index in [1.807, 2.05) is 12.1 Å². The number of fused-ring (bicyclic) bond motifs is 1. The number of carbonyl (C=O) groups is 2. The van der Waals surface area contributed by atoms with Gasteiger partial charge in [-0.05, 0) is 24.0 Å². The molecule has 0 saturated heterocycles. The van der Waals surface area contributed by atoms with Crippen LogP contribution in [0.3, 0.4) is 0 Å². The van der Waals surface area contributed by atoms with Crippen LogP contribution in [0.4, 0.5) is 5.13 Å². The van der Waals surface area contributed by atoms with Crippen molar-refractivity contribution in [2.45, 2.75) is 25.8 Å². The lowest BCUT2D eigenvalue weighted by Gasteiger charge is -2.12. The van der Waals surface area contributed by atoms with Crippen molar-refractivity contribution in [1.82, 2.24) is 10.3 Å². The second kappa shape index (κ2) is 5.65. The highest BCUT2D eigenvalue weighted by Gasteiger charge is 2.24. The molecule has 21 heavy (non-hydrogen) atoms. The number of aromatic nitrogens is 1. The minimum absolute atomic E-state index is 0.0413. The summed E-state index contributed by atoms with van der Waals surface area (Å²) in [5.74, 6) is -0.398. The Morgan fingerprint density at radius 3 is 2.95 bits per heavy atom. The molecule has 2 amide bonds. The first-order chi connectivity index (χ1) is 10.1. The molecule has 0 bridgehead atoms. The normalized spacial score (nSPS) is 16.3. The molecule has 2 aromatic rings. The van der Waals surface area contributed by atoms with Gasteiger partial charge in [-0.25, -0.2) is 4.98 Å². The molecule has 0 unspecified atom stereocenters. The van der Waals surface area contributed by atoms with E-state index in [9.17, 15) is 9.59 Å². The van der Waals surface area contributed by atoms with Crippen LogP contribution in [0.1, 0.15) is 41.0 Å². The lowest BCUT2D eigenvalue weighted by Crippen LogP contribution is -2.27. The third kappa shape index (κ3) is 2.95. The van der Waals surface area contributed by atoms with Gasteiger partial charge in [-0.15, -0.1) is 11.3 Å². The Morgan fingerprint density at radius 1 is 1.33 bits per heavy atom. The van der Waals surface area contributed by atoms with E-state index >= 15 is 0 Å². The molecule has 0 saturated carbocycles. The quantitative estimate of drug-likeness (QED) is 0.915. The summed E-state index contributed by atoms with van der Waals surface area (Å²) >= 11 is 1.25. The second-order valence-corrected chi connectivity index (χ2v) is 5.84. The Bertz CT molecular complexity index is 696. The van der Waals surface area contributed by atoms with Gasteiger partial charge in [0.05, 0.1) is 6.04 Å². The molecule has 1 aliphatic rings. The van der Waals surface area contributed by atoms with Crippen LogP contribution in [0, 0.1) is 0 Å². The van der Waals surface area contributed by atoms with Gasteiger partial charge in [0.2, 0.25) is 5.91 Å². The van der Waals surface area contributed by atoms with Crippen LogP contribution < -0.4 is 10.6 Å². The zero-order valence-electron chi connectivity index (χ0n) is 11.6. The average Bonchev–Trinajstić information content (AvgIpc) is 3.06. The topological polar surface area (TPSA) is 71.1 Å². The molecule has 0 radical (unpaired) electrons. The van der Waals surface area contributed by atoms with Gasteiger partial charge in [-0.1, -0.05) is 24.3 Å². The maximum absolute atomic E-state index is 12.2. The molecule has 1 aromatic heterocycles. The highest BCUT2D eigenvalue weighted by Crippen LogP contribution is 2.31. The number of aryl methyl sites for hydroxylation is 1. The minimum atomic E-state index is -0.204. The van der Waals surface area contributed by atoms with Gasteiger partial charge in [-0.2, -0.15) is 0 Å². The molecule has 0 spiro atoms. The average molecular weight is 301 g/mol. The largest absolute Gasteiger partial charge is 0.344 e. The highest BCUT2D eigenvalue weighted by atomic mass is 32.1. The van der Waals surface area contributed by atoms with Crippen molar-refractivity contribution in [3.8, 4) is 0 Å². The van der Waals surface area contributed by atoms with Crippen LogP contribution >= 0.6 is 11.3 Å². The Hall–Kier alpha value is -2.21. The number of benzene rings is 1. The summed E-state index contributed by atoms with van der Waals surface area (Å²) in [6.45, 7) is 1.41. The third-order valence-corrected chi connectivity index (χ3v) is 4.22. The van der Waals surface area contributed by atoms with Crippen LogP contribution in [0.2, 0.25) is 0 Å². The van der Waals surface area contributed by atoms with E-state index in [0.29, 0.717) is 10.8 Å². The summed E-state index contributed by atoms with van der Waals surface area (Å²) in [5.41, 5.74) is 2.82. The molecule has 0 fully saturated rings. The maximum Gasteiger partial charge on any atom is 0.271 e. The summed E-state index contributed by atoms with van der Waals surface area (Å²) in [4.78, 5) is 27.3. The number of hydrogen-bond acceptors (Lipinski definition) is 4. The fraction of sp³-hybridized carbons (Fsp3) is 0.267. The molecule has 108 valence electrons. The number of rotatable bonds is 3. The number of anilines is 1. The molecule has 1 heterocycles. The van der Waals surface area contributed by atoms with Crippen molar-refractivity contribution in [2.75, 3.05) is 5.32 Å². The van der Waals surface area contributed by atoms with Crippen LogP contribution in [-0.4, -0.2) is 16.8 Å². The number of amides is 2. The Balaban J connectivity index is 1.70. The van der Waals surface area contributed by atoms with Crippen molar-refractivity contribution >= 4 is 28.3 Å². The highest BCUT2D eigenvalue weighted by molar-refractivity contribution is 7.14. The number of carbonyl (C=O) groups excluding carboxylic acids is 2. The third-order valence-electron chi connectivity index (χ3n) is 3.46. The first-order valence-electron chi connectivity index (χ1n) is 6.75. The van der Waals surface area contributed by atoms with E-state index in [1.54, 1.807) is 5.38 Å². The molecule has 3 rings (SSSR count). The molecule has 1 aliphatic carbocycles. The fourth-order valence-electron chi connectivity index (χ4n) is 2.53. The van der Waals surface area contributed by atoms with E-state index in [4.69, 9.17) is 0 Å². The van der Waals surface area contributed by atoms with E-state index < -0.39 is 0 Å². The zero-order valence-corrected chi connectivity index (χ0v) is 12.4. The zero-order chi connectivity index (χ0) is 14.8. The maximum atomic E-state index is 12.2. The monoisotopic (exact) mass is 301 g/mol. The van der Waals surface area contributed by atoms with Gasteiger partial charge in [0, 0.05) is 12.3 Å². The van der Waals surface area contributed by atoms with Crippen LogP contribution in [-0.2, 0) is 11.2 Å². The number of nitrogens with zero attached hydrogens (tertiary/aromatic N) is 1. The van der Waals surface area contributed by atoms with E-state index in [2.05, 4.69) is 27.8 Å². The van der Waals surface area contributed by atoms with Gasteiger partial charge < -0.3 is 10.6 Å². The summed E-state index contributed by atoms with van der Waals surface area (Å²) < 4.78 is 0. The predicted octanol–water partition coefficient (Wildman–Crippen LogP) is 2.52. The smallest absolute Gasteiger partial charge is 0.271 e. The Kier molecular flexibility index (Phi) is 3.70. The second-order valence-electron chi connectivity index (χ2n) is 4.98. The van der Waals surface area contributed by atoms with Gasteiger partial charge in [0.15, 0.2) is 5.13 Å². The van der Waals surface area contributed by atoms with E-state index in [1.165, 1.54) is 29.4 Å². The van der Waals surface area contributed by atoms with Crippen molar-refractivity contribution in [3.63, 3.8) is 0 Å². The fourth-order valence-corrected chi connectivity index (χ4v) is 3.26. The number of hydrogen-bond donors (Lipinski definition) is 2. The Morgan fingerprint density at radius 2 is 2.14 bits per heavy atom. The molecule has 1 aromatic carbocycles. The predicted molar refractivity (Wildman–Crippen MR) is 81.4 cm³/mol. The van der Waals surface area contributed by atoms with Crippen LogP contribution in [0.15, 0.2) is 29.6 Å². The molecule has 2 N–H and O–H groups in total. The number of nitrogens with one attached hydrogen (secondary N) is 2. The van der Waals surface area contributed by atoms with Gasteiger partial charge in [0.25, 0.3) is 5.91 Å². The minimum Gasteiger partial charge on any atom is -0.344 e. The van der Waals surface area contributed by atoms with Crippen LogP contribution in [0.25, 0.3) is 0 Å². The summed E-state index contributed by atoms with van der Waals surface area (Å²) in [6, 6.07) is 8.19. The SMILES string of the molecule is CC(=O)Nc1nc(C(=O)N[C@H]2CCc3ccccc32)cs1. The molecule has 5 nitrogen and oxygen atoms in total.